The molecule has 0 radical (unpaired) electrons. The van der Waals surface area contributed by atoms with Gasteiger partial charge in [0.2, 0.25) is 11.7 Å². The van der Waals surface area contributed by atoms with Gasteiger partial charge in [0.25, 0.3) is 5.91 Å². The van der Waals surface area contributed by atoms with Gasteiger partial charge in [-0.25, -0.2) is 4.98 Å². The van der Waals surface area contributed by atoms with E-state index in [0.29, 0.717) is 13.1 Å². The average Bonchev–Trinajstić information content (AvgIpc) is 3.37. The molecule has 0 saturated carbocycles. The minimum atomic E-state index is -4.79. The van der Waals surface area contributed by atoms with Gasteiger partial charge >= 0.3 is 6.18 Å². The molecule has 1 aliphatic heterocycles. The van der Waals surface area contributed by atoms with Crippen LogP contribution in [-0.4, -0.2) is 39.4 Å². The molecular formula is C21H17Cl2F3N4O2. The predicted octanol–water partition coefficient (Wildman–Crippen LogP) is 5.24. The smallest absolute Gasteiger partial charge is 0.341 e. The number of para-hydroxylation sites is 1. The Morgan fingerprint density at radius 3 is 2.28 bits per heavy atom. The number of nitrogens with zero attached hydrogens (tertiary/aromatic N) is 3. The minimum Gasteiger partial charge on any atom is -0.341 e. The van der Waals surface area contributed by atoms with E-state index in [1.54, 1.807) is 6.07 Å². The second kappa shape index (κ2) is 8.63. The zero-order chi connectivity index (χ0) is 23.0. The van der Waals surface area contributed by atoms with E-state index in [0.717, 1.165) is 17.4 Å². The number of anilines is 1. The lowest BCUT2D eigenvalue weighted by atomic mass is 10.2. The molecule has 1 N–H and O–H groups in total. The number of hydrogen-bond acceptors (Lipinski definition) is 3. The van der Waals surface area contributed by atoms with Crippen LogP contribution in [0.5, 0.6) is 0 Å². The Bertz CT molecular complexity index is 1180. The van der Waals surface area contributed by atoms with Crippen molar-refractivity contribution < 1.29 is 22.8 Å². The van der Waals surface area contributed by atoms with Crippen molar-refractivity contribution in [2.45, 2.75) is 25.6 Å². The zero-order valence-corrected chi connectivity index (χ0v) is 18.1. The van der Waals surface area contributed by atoms with Crippen molar-refractivity contribution in [2.24, 2.45) is 0 Å². The summed E-state index contributed by atoms with van der Waals surface area (Å²) in [5, 5.41) is 2.73. The summed E-state index contributed by atoms with van der Waals surface area (Å²) in [4.78, 5) is 30.6. The lowest BCUT2D eigenvalue weighted by Gasteiger charge is -2.17. The van der Waals surface area contributed by atoms with E-state index < -0.39 is 30.4 Å². The SMILES string of the molecule is O=C(Nc1cccc2c1nc(C(F)(F)F)n2CC(=O)N1CCCC1)c1c(Cl)cccc1Cl. The summed E-state index contributed by atoms with van der Waals surface area (Å²) in [5.41, 5.74) is 0.0207. The van der Waals surface area contributed by atoms with Crippen molar-refractivity contribution >= 4 is 51.7 Å². The Kier molecular flexibility index (Phi) is 6.05. The standard InChI is InChI=1S/C21H17Cl2F3N4O2/c22-12-5-3-6-13(23)17(12)19(32)27-14-7-4-8-15-18(14)28-20(21(24,25)26)30(15)11-16(31)29-9-1-2-10-29/h3-8H,1-2,9-11H2,(H,27,32). The second-order valence-electron chi connectivity index (χ2n) is 7.33. The molecule has 6 nitrogen and oxygen atoms in total. The Hall–Kier alpha value is -2.78. The highest BCUT2D eigenvalue weighted by atomic mass is 35.5. The number of alkyl halides is 3. The van der Waals surface area contributed by atoms with Crippen LogP contribution >= 0.6 is 23.2 Å². The number of rotatable bonds is 4. The van der Waals surface area contributed by atoms with Gasteiger partial charge in [-0.05, 0) is 37.1 Å². The summed E-state index contributed by atoms with van der Waals surface area (Å²) in [6.45, 7) is 0.540. The van der Waals surface area contributed by atoms with E-state index in [1.807, 2.05) is 0 Å². The van der Waals surface area contributed by atoms with Crippen LogP contribution in [0.4, 0.5) is 18.9 Å². The van der Waals surface area contributed by atoms with E-state index in [2.05, 4.69) is 10.3 Å². The average molecular weight is 485 g/mol. The van der Waals surface area contributed by atoms with Crippen LogP contribution in [0.3, 0.4) is 0 Å². The number of amides is 2. The maximum Gasteiger partial charge on any atom is 0.449 e. The third-order valence-electron chi connectivity index (χ3n) is 5.22. The van der Waals surface area contributed by atoms with Crippen LogP contribution in [0.15, 0.2) is 36.4 Å². The van der Waals surface area contributed by atoms with Crippen LogP contribution < -0.4 is 5.32 Å². The highest BCUT2D eigenvalue weighted by Gasteiger charge is 2.39. The van der Waals surface area contributed by atoms with E-state index in [4.69, 9.17) is 23.2 Å². The highest BCUT2D eigenvalue weighted by molar-refractivity contribution is 6.40. The maximum atomic E-state index is 13.7. The number of halogens is 5. The lowest BCUT2D eigenvalue weighted by molar-refractivity contribution is -0.148. The largest absolute Gasteiger partial charge is 0.449 e. The first-order chi connectivity index (χ1) is 15.2. The molecule has 1 aromatic heterocycles. The molecule has 0 atom stereocenters. The van der Waals surface area contributed by atoms with Gasteiger partial charge in [-0.1, -0.05) is 35.3 Å². The van der Waals surface area contributed by atoms with E-state index in [1.165, 1.54) is 35.2 Å². The number of carbonyl (C=O) groups is 2. The third-order valence-corrected chi connectivity index (χ3v) is 5.85. The quantitative estimate of drug-likeness (QED) is 0.550. The topological polar surface area (TPSA) is 67.2 Å². The van der Waals surface area contributed by atoms with Crippen LogP contribution in [0.1, 0.15) is 29.0 Å². The summed E-state index contributed by atoms with van der Waals surface area (Å²) in [6, 6.07) is 8.84. The van der Waals surface area contributed by atoms with Crippen molar-refractivity contribution in [3.05, 3.63) is 57.8 Å². The fourth-order valence-corrected chi connectivity index (χ4v) is 4.29. The molecule has 2 aromatic carbocycles. The number of carbonyl (C=O) groups excluding carboxylic acids is 2. The summed E-state index contributed by atoms with van der Waals surface area (Å²) < 4.78 is 42.1. The number of likely N-dealkylation sites (tertiary alicyclic amines) is 1. The van der Waals surface area contributed by atoms with Crippen molar-refractivity contribution in [1.82, 2.24) is 14.5 Å². The minimum absolute atomic E-state index is 0.00692. The van der Waals surface area contributed by atoms with Gasteiger partial charge in [-0.3, -0.25) is 9.59 Å². The number of aromatic nitrogens is 2. The van der Waals surface area contributed by atoms with Gasteiger partial charge in [0.15, 0.2) is 0 Å². The molecule has 0 unspecified atom stereocenters. The van der Waals surface area contributed by atoms with Gasteiger partial charge in [0, 0.05) is 13.1 Å². The molecule has 1 fully saturated rings. The van der Waals surface area contributed by atoms with Crippen LogP contribution in [0, 0.1) is 0 Å². The number of benzene rings is 2. The molecule has 11 heteroatoms. The first-order valence-corrected chi connectivity index (χ1v) is 10.5. The Labute approximate surface area is 190 Å². The second-order valence-corrected chi connectivity index (χ2v) is 8.15. The molecule has 168 valence electrons. The fourth-order valence-electron chi connectivity index (χ4n) is 3.73. The van der Waals surface area contributed by atoms with E-state index in [-0.39, 0.29) is 32.3 Å². The van der Waals surface area contributed by atoms with Gasteiger partial charge in [-0.2, -0.15) is 13.2 Å². The van der Waals surface area contributed by atoms with Gasteiger partial charge in [0.1, 0.15) is 12.1 Å². The fraction of sp³-hybridized carbons (Fsp3) is 0.286. The summed E-state index contributed by atoms with van der Waals surface area (Å²) in [5.74, 6) is -2.31. The van der Waals surface area contributed by atoms with Gasteiger partial charge in [0.05, 0.1) is 26.8 Å². The van der Waals surface area contributed by atoms with Crippen molar-refractivity contribution in [2.75, 3.05) is 18.4 Å². The summed E-state index contributed by atoms with van der Waals surface area (Å²) in [7, 11) is 0. The molecule has 2 heterocycles. The molecule has 32 heavy (non-hydrogen) atoms. The molecule has 4 rings (SSSR count). The molecule has 1 saturated heterocycles. The third kappa shape index (κ3) is 4.27. The number of hydrogen-bond donors (Lipinski definition) is 1. The molecule has 0 bridgehead atoms. The number of nitrogens with one attached hydrogen (secondary N) is 1. The Morgan fingerprint density at radius 1 is 1.03 bits per heavy atom. The van der Waals surface area contributed by atoms with E-state index >= 15 is 0 Å². The normalized spacial score (nSPS) is 14.2. The molecule has 1 aliphatic rings. The highest BCUT2D eigenvalue weighted by Crippen LogP contribution is 2.34. The zero-order valence-electron chi connectivity index (χ0n) is 16.5. The van der Waals surface area contributed by atoms with Crippen molar-refractivity contribution in [3.63, 3.8) is 0 Å². The summed E-state index contributed by atoms with van der Waals surface area (Å²) >= 11 is 12.1. The van der Waals surface area contributed by atoms with Crippen molar-refractivity contribution in [3.8, 4) is 0 Å². The maximum absolute atomic E-state index is 13.7. The van der Waals surface area contributed by atoms with Gasteiger partial charge in [-0.15, -0.1) is 0 Å². The summed E-state index contributed by atoms with van der Waals surface area (Å²) in [6.07, 6.45) is -3.15. The predicted molar refractivity (Wildman–Crippen MR) is 115 cm³/mol. The van der Waals surface area contributed by atoms with Crippen LogP contribution in [0.2, 0.25) is 10.0 Å². The monoisotopic (exact) mass is 484 g/mol. The molecule has 0 aliphatic carbocycles. The molecule has 0 spiro atoms. The van der Waals surface area contributed by atoms with E-state index in [9.17, 15) is 22.8 Å². The van der Waals surface area contributed by atoms with Gasteiger partial charge < -0.3 is 14.8 Å². The lowest BCUT2D eigenvalue weighted by Crippen LogP contribution is -2.32. The van der Waals surface area contributed by atoms with Crippen molar-refractivity contribution in [1.29, 1.82) is 0 Å². The Morgan fingerprint density at radius 2 is 1.66 bits per heavy atom. The number of imidazole rings is 1. The number of fused-ring (bicyclic) bond motifs is 1. The first-order valence-electron chi connectivity index (χ1n) is 9.76. The molecule has 2 amide bonds. The van der Waals surface area contributed by atoms with Crippen LogP contribution in [0.25, 0.3) is 11.0 Å². The molecule has 3 aromatic rings. The Balaban J connectivity index is 1.75. The first kappa shape index (κ1) is 22.4. The van der Waals surface area contributed by atoms with Crippen LogP contribution in [-0.2, 0) is 17.5 Å². The molecular weight excluding hydrogens is 468 g/mol.